The first-order valence-corrected chi connectivity index (χ1v) is 12.9. The molecule has 3 nitrogen and oxygen atoms in total. The second-order valence-corrected chi connectivity index (χ2v) is 9.47. The predicted molar refractivity (Wildman–Crippen MR) is 159 cm³/mol. The number of para-hydroxylation sites is 1. The Hall–Kier alpha value is -4.37. The van der Waals surface area contributed by atoms with Crippen molar-refractivity contribution in [1.29, 1.82) is 0 Å². The van der Waals surface area contributed by atoms with Crippen LogP contribution in [-0.2, 0) is 20.1 Å². The minimum atomic E-state index is 0. The Morgan fingerprint density at radius 1 is 0.650 bits per heavy atom. The molecular formula is C36H26IrN2O-2. The van der Waals surface area contributed by atoms with E-state index in [9.17, 15) is 0 Å². The molecule has 4 aromatic carbocycles. The van der Waals surface area contributed by atoms with Crippen molar-refractivity contribution in [3.8, 4) is 33.6 Å². The molecule has 0 aliphatic rings. The summed E-state index contributed by atoms with van der Waals surface area (Å²) in [6.07, 6.45) is 3.77. The fourth-order valence-corrected chi connectivity index (χ4v) is 4.67. The Morgan fingerprint density at radius 2 is 1.43 bits per heavy atom. The van der Waals surface area contributed by atoms with Gasteiger partial charge < -0.3 is 14.4 Å². The smallest absolute Gasteiger partial charge is 0.123 e. The molecule has 0 unspecified atom stereocenters. The van der Waals surface area contributed by atoms with Gasteiger partial charge in [0.1, 0.15) is 5.58 Å². The van der Waals surface area contributed by atoms with Crippen LogP contribution in [0.3, 0.4) is 0 Å². The molecule has 7 aromatic rings. The summed E-state index contributed by atoms with van der Waals surface area (Å²) >= 11 is 0. The molecular weight excluding hydrogens is 669 g/mol. The zero-order chi connectivity index (χ0) is 26.6. The van der Waals surface area contributed by atoms with Crippen molar-refractivity contribution in [2.75, 3.05) is 0 Å². The van der Waals surface area contributed by atoms with Gasteiger partial charge in [-0.25, -0.2) is 0 Å². The first-order valence-electron chi connectivity index (χ1n) is 12.9. The Balaban J connectivity index is 0.000000158. The number of aryl methyl sites for hydroxylation is 2. The van der Waals surface area contributed by atoms with E-state index in [0.717, 1.165) is 44.5 Å². The molecule has 3 aromatic heterocycles. The third-order valence-corrected chi connectivity index (χ3v) is 6.68. The van der Waals surface area contributed by atoms with Crippen molar-refractivity contribution < 1.29 is 24.5 Å². The molecule has 0 N–H and O–H groups in total. The molecule has 0 aliphatic heterocycles. The van der Waals surface area contributed by atoms with Crippen LogP contribution in [0.25, 0.3) is 55.6 Å². The van der Waals surface area contributed by atoms with E-state index in [0.29, 0.717) is 0 Å². The molecule has 3 heterocycles. The normalized spacial score (nSPS) is 10.6. The van der Waals surface area contributed by atoms with Crippen LogP contribution in [-0.4, -0.2) is 9.97 Å². The van der Waals surface area contributed by atoms with E-state index in [2.05, 4.69) is 66.3 Å². The predicted octanol–water partition coefficient (Wildman–Crippen LogP) is 9.28. The fourth-order valence-electron chi connectivity index (χ4n) is 4.67. The van der Waals surface area contributed by atoms with Gasteiger partial charge >= 0.3 is 0 Å². The van der Waals surface area contributed by atoms with E-state index < -0.39 is 0 Å². The molecule has 40 heavy (non-hydrogen) atoms. The van der Waals surface area contributed by atoms with Gasteiger partial charge in [-0.1, -0.05) is 77.7 Å². The summed E-state index contributed by atoms with van der Waals surface area (Å²) in [6.45, 7) is 4.18. The van der Waals surface area contributed by atoms with E-state index in [1.807, 2.05) is 91.3 Å². The topological polar surface area (TPSA) is 38.9 Å². The quantitative estimate of drug-likeness (QED) is 0.173. The van der Waals surface area contributed by atoms with Crippen LogP contribution in [0.4, 0.5) is 0 Å². The van der Waals surface area contributed by atoms with Crippen LogP contribution in [0.1, 0.15) is 11.1 Å². The first-order chi connectivity index (χ1) is 19.2. The Bertz CT molecular complexity index is 1880. The Labute approximate surface area is 247 Å². The summed E-state index contributed by atoms with van der Waals surface area (Å²) in [6, 6.07) is 43.0. The van der Waals surface area contributed by atoms with Gasteiger partial charge in [-0.2, -0.15) is 0 Å². The maximum atomic E-state index is 5.90. The van der Waals surface area contributed by atoms with Crippen LogP contribution in [0.2, 0.25) is 0 Å². The van der Waals surface area contributed by atoms with Crippen molar-refractivity contribution in [3.05, 3.63) is 145 Å². The summed E-state index contributed by atoms with van der Waals surface area (Å²) in [4.78, 5) is 8.95. The van der Waals surface area contributed by atoms with Crippen molar-refractivity contribution in [3.63, 3.8) is 0 Å². The first kappa shape index (κ1) is 27.2. The van der Waals surface area contributed by atoms with E-state index in [4.69, 9.17) is 4.42 Å². The van der Waals surface area contributed by atoms with E-state index in [1.54, 1.807) is 0 Å². The number of nitrogens with zero attached hydrogens (tertiary/aromatic N) is 2. The van der Waals surface area contributed by atoms with Gasteiger partial charge in [0.15, 0.2) is 0 Å². The molecule has 0 amide bonds. The summed E-state index contributed by atoms with van der Waals surface area (Å²) in [7, 11) is 0. The Kier molecular flexibility index (Phi) is 8.31. The number of hydrogen-bond acceptors (Lipinski definition) is 3. The second-order valence-electron chi connectivity index (χ2n) is 9.47. The zero-order valence-electron chi connectivity index (χ0n) is 22.2. The minimum Gasteiger partial charge on any atom is -0.476 e. The van der Waals surface area contributed by atoms with Crippen molar-refractivity contribution in [2.45, 2.75) is 13.8 Å². The fraction of sp³-hybridized carbons (Fsp3) is 0.0556. The average molecular weight is 695 g/mol. The number of furan rings is 1. The maximum absolute atomic E-state index is 5.90. The standard InChI is InChI=1S/C18H12NO.C18H14N.Ir/c1-12-8-9-19-16(10-12)13-6-7-15-14-4-2-3-5-17(14)20-18(15)11-13;1-14-12-18(16-10-6-3-7-11-16)19-13-17(14)15-8-4-2-5-9-15;/h2-5,7-11H,1H3;2-10,12-13H,1H3;/q2*-1;. The van der Waals surface area contributed by atoms with E-state index in [1.165, 1.54) is 22.3 Å². The van der Waals surface area contributed by atoms with Crippen molar-refractivity contribution in [1.82, 2.24) is 9.97 Å². The molecule has 1 radical (unpaired) electrons. The SMILES string of the molecule is Cc1cc(-c2[c-]cccc2)ncc1-c1ccccc1.Cc1ccnc(-c2[c-]cc3c(c2)oc2ccccc23)c1.[Ir]. The van der Waals surface area contributed by atoms with Crippen LogP contribution in [0.5, 0.6) is 0 Å². The number of hydrogen-bond donors (Lipinski definition) is 0. The number of fused-ring (bicyclic) bond motifs is 3. The summed E-state index contributed by atoms with van der Waals surface area (Å²) < 4.78 is 5.90. The number of pyridine rings is 2. The van der Waals surface area contributed by atoms with Crippen molar-refractivity contribution in [2.24, 2.45) is 0 Å². The van der Waals surface area contributed by atoms with Crippen LogP contribution in [0, 0.1) is 26.0 Å². The molecule has 0 atom stereocenters. The molecule has 0 fully saturated rings. The molecule has 197 valence electrons. The van der Waals surface area contributed by atoms with Gasteiger partial charge in [0.25, 0.3) is 0 Å². The summed E-state index contributed by atoms with van der Waals surface area (Å²) in [5.74, 6) is 0. The number of rotatable bonds is 3. The molecule has 0 saturated heterocycles. The van der Waals surface area contributed by atoms with E-state index >= 15 is 0 Å². The third kappa shape index (κ3) is 5.79. The molecule has 7 rings (SSSR count). The van der Waals surface area contributed by atoms with Gasteiger partial charge in [-0.3, -0.25) is 0 Å². The van der Waals surface area contributed by atoms with Crippen LogP contribution in [0.15, 0.2) is 126 Å². The molecule has 0 spiro atoms. The summed E-state index contributed by atoms with van der Waals surface area (Å²) in [5.41, 5.74) is 10.5. The van der Waals surface area contributed by atoms with Gasteiger partial charge in [-0.15, -0.1) is 53.6 Å². The van der Waals surface area contributed by atoms with Gasteiger partial charge in [0.05, 0.1) is 5.58 Å². The maximum Gasteiger partial charge on any atom is 0.123 e. The third-order valence-electron chi connectivity index (χ3n) is 6.68. The van der Waals surface area contributed by atoms with E-state index in [-0.39, 0.29) is 20.1 Å². The van der Waals surface area contributed by atoms with Gasteiger partial charge in [0, 0.05) is 38.1 Å². The molecule has 0 saturated carbocycles. The average Bonchev–Trinajstić information content (AvgIpc) is 3.36. The molecule has 4 heteroatoms. The second kappa shape index (κ2) is 12.2. The number of aromatic nitrogens is 2. The Morgan fingerprint density at radius 3 is 2.20 bits per heavy atom. The minimum absolute atomic E-state index is 0. The van der Waals surface area contributed by atoms with Gasteiger partial charge in [-0.05, 0) is 53.9 Å². The van der Waals surface area contributed by atoms with Gasteiger partial charge in [0.2, 0.25) is 0 Å². The molecule has 0 aliphatic carbocycles. The van der Waals surface area contributed by atoms with Crippen LogP contribution < -0.4 is 0 Å². The van der Waals surface area contributed by atoms with Crippen LogP contribution >= 0.6 is 0 Å². The zero-order valence-corrected chi connectivity index (χ0v) is 24.6. The summed E-state index contributed by atoms with van der Waals surface area (Å²) in [5, 5.41) is 2.22. The molecule has 0 bridgehead atoms. The van der Waals surface area contributed by atoms with Crippen molar-refractivity contribution >= 4 is 21.9 Å². The largest absolute Gasteiger partial charge is 0.476 e. The number of benzene rings is 4. The monoisotopic (exact) mass is 695 g/mol.